The summed E-state index contributed by atoms with van der Waals surface area (Å²) in [6.07, 6.45) is 2.63. The number of aliphatic hydroxyl groups excluding tert-OH is 1. The van der Waals surface area contributed by atoms with E-state index >= 15 is 0 Å². The molecule has 0 spiro atoms. The van der Waals surface area contributed by atoms with Crippen molar-refractivity contribution < 1.29 is 14.6 Å². The molecule has 30 heavy (non-hydrogen) atoms. The van der Waals surface area contributed by atoms with Crippen LogP contribution in [-0.2, 0) is 4.74 Å². The van der Waals surface area contributed by atoms with Crippen LogP contribution >= 0.6 is 0 Å². The maximum Gasteiger partial charge on any atom is 0.341 e. The summed E-state index contributed by atoms with van der Waals surface area (Å²) in [4.78, 5) is 28.7. The lowest BCUT2D eigenvalue weighted by molar-refractivity contribution is 0.0600. The molecule has 4 rings (SSSR count). The zero-order chi connectivity index (χ0) is 21.3. The predicted molar refractivity (Wildman–Crippen MR) is 111 cm³/mol. The highest BCUT2D eigenvalue weighted by Gasteiger charge is 2.22. The number of hydrogen-bond donors (Lipinski definition) is 2. The van der Waals surface area contributed by atoms with E-state index in [4.69, 9.17) is 4.74 Å². The number of aromatic amines is 1. The highest BCUT2D eigenvalue weighted by Crippen LogP contribution is 2.24. The molecule has 0 aliphatic carbocycles. The van der Waals surface area contributed by atoms with E-state index in [1.54, 1.807) is 17.0 Å². The maximum absolute atomic E-state index is 12.1. The van der Waals surface area contributed by atoms with Gasteiger partial charge in [-0.05, 0) is 24.7 Å². The Bertz CT molecular complexity index is 1050. The zero-order valence-electron chi connectivity index (χ0n) is 17.0. The Morgan fingerprint density at radius 2 is 1.90 bits per heavy atom. The molecule has 1 aromatic rings. The molecule has 158 valence electrons. The van der Waals surface area contributed by atoms with Gasteiger partial charge in [-0.2, -0.15) is 5.10 Å². The number of β-amino-alcohol motifs (C(OH)–C–C–N with tert-alkyl or cyclic N) is 1. The number of nitrogens with one attached hydrogen (secondary N) is 1. The van der Waals surface area contributed by atoms with E-state index in [1.807, 2.05) is 24.3 Å². The molecule has 1 atom stereocenters. The summed E-state index contributed by atoms with van der Waals surface area (Å²) in [5, 5.41) is 16.9. The van der Waals surface area contributed by atoms with Crippen molar-refractivity contribution in [1.29, 1.82) is 0 Å². The Labute approximate surface area is 173 Å². The minimum atomic E-state index is -0.581. The predicted octanol–water partition coefficient (Wildman–Crippen LogP) is 0.733. The number of methoxy groups -OCH3 is 1. The number of fused-ring (bicyclic) bond motifs is 1. The quantitative estimate of drug-likeness (QED) is 0.597. The number of pyridine rings is 1. The molecule has 9 nitrogen and oxygen atoms in total. The van der Waals surface area contributed by atoms with E-state index in [0.29, 0.717) is 12.1 Å². The van der Waals surface area contributed by atoms with Gasteiger partial charge in [-0.1, -0.05) is 12.1 Å². The van der Waals surface area contributed by atoms with Gasteiger partial charge in [0.25, 0.3) is 5.56 Å². The first-order chi connectivity index (χ1) is 14.5. The fourth-order valence-electron chi connectivity index (χ4n) is 3.69. The summed E-state index contributed by atoms with van der Waals surface area (Å²) in [5.41, 5.74) is 1.98. The van der Waals surface area contributed by atoms with Crippen molar-refractivity contribution >= 4 is 5.97 Å². The molecule has 2 N–H and O–H groups in total. The van der Waals surface area contributed by atoms with Crippen molar-refractivity contribution in [2.45, 2.75) is 6.10 Å². The lowest BCUT2D eigenvalue weighted by Crippen LogP contribution is -2.45. The van der Waals surface area contributed by atoms with Gasteiger partial charge in [-0.25, -0.2) is 9.89 Å². The van der Waals surface area contributed by atoms with Crippen molar-refractivity contribution in [3.05, 3.63) is 58.1 Å². The number of carbonyl (C=O) groups is 1. The fraction of sp³-hybridized carbons (Fsp3) is 0.381. The van der Waals surface area contributed by atoms with Gasteiger partial charge < -0.3 is 19.3 Å². The van der Waals surface area contributed by atoms with E-state index in [1.165, 1.54) is 7.11 Å². The van der Waals surface area contributed by atoms with Crippen molar-refractivity contribution in [1.82, 2.24) is 24.6 Å². The average Bonchev–Trinajstić information content (AvgIpc) is 3.15. The number of aliphatic hydroxyl groups is 1. The Hall–Kier alpha value is -3.01. The normalized spacial score (nSPS) is 16.6. The Morgan fingerprint density at radius 3 is 2.57 bits per heavy atom. The molecular weight excluding hydrogens is 386 g/mol. The lowest BCUT2D eigenvalue weighted by atomic mass is 10.1. The van der Waals surface area contributed by atoms with Gasteiger partial charge in [-0.15, -0.1) is 0 Å². The third-order valence-corrected chi connectivity index (χ3v) is 5.57. The Morgan fingerprint density at radius 1 is 1.20 bits per heavy atom. The van der Waals surface area contributed by atoms with Gasteiger partial charge in [0, 0.05) is 50.8 Å². The number of nitrogens with zero attached hydrogens (tertiary/aromatic N) is 4. The van der Waals surface area contributed by atoms with Gasteiger partial charge in [0.05, 0.1) is 18.8 Å². The summed E-state index contributed by atoms with van der Waals surface area (Å²) < 4.78 is 6.51. The van der Waals surface area contributed by atoms with Crippen molar-refractivity contribution in [3.63, 3.8) is 0 Å². The van der Waals surface area contributed by atoms with Crippen LogP contribution in [0.3, 0.4) is 0 Å². The van der Waals surface area contributed by atoms with Crippen LogP contribution in [0.5, 0.6) is 0 Å². The second kappa shape index (κ2) is 8.39. The third kappa shape index (κ3) is 4.00. The highest BCUT2D eigenvalue weighted by atomic mass is 16.5. The van der Waals surface area contributed by atoms with E-state index < -0.39 is 12.1 Å². The Kier molecular flexibility index (Phi) is 5.67. The molecule has 3 aliphatic heterocycles. The first-order valence-electron chi connectivity index (χ1n) is 9.84. The van der Waals surface area contributed by atoms with E-state index in [9.17, 15) is 14.7 Å². The smallest absolute Gasteiger partial charge is 0.341 e. The summed E-state index contributed by atoms with van der Waals surface area (Å²) in [6.45, 7) is 4.49. The minimum absolute atomic E-state index is 0.201. The summed E-state index contributed by atoms with van der Waals surface area (Å²) in [5.74, 6) is -0.569. The number of H-pyrrole nitrogens is 1. The summed E-state index contributed by atoms with van der Waals surface area (Å²) in [6, 6.07) is 7.41. The number of ether oxygens (including phenoxy) is 1. The number of likely N-dealkylation sites (N-methyl/N-ethyl adjacent to an activating group) is 1. The minimum Gasteiger partial charge on any atom is -0.465 e. The third-order valence-electron chi connectivity index (χ3n) is 5.57. The number of benzene rings is 1. The molecule has 0 aromatic heterocycles. The van der Waals surface area contributed by atoms with Crippen LogP contribution < -0.4 is 5.56 Å². The molecule has 0 bridgehead atoms. The van der Waals surface area contributed by atoms with E-state index in [-0.39, 0.29) is 16.8 Å². The van der Waals surface area contributed by atoms with Crippen LogP contribution in [0.2, 0.25) is 0 Å². The molecule has 1 fully saturated rings. The molecule has 9 heteroatoms. The van der Waals surface area contributed by atoms with Crippen LogP contribution in [-0.4, -0.2) is 82.5 Å². The van der Waals surface area contributed by atoms with Crippen LogP contribution in [0.1, 0.15) is 22.0 Å². The zero-order valence-corrected chi connectivity index (χ0v) is 17.0. The first kappa shape index (κ1) is 20.3. The molecule has 0 saturated carbocycles. The van der Waals surface area contributed by atoms with Gasteiger partial charge >= 0.3 is 5.97 Å². The van der Waals surface area contributed by atoms with Crippen molar-refractivity contribution in [3.8, 4) is 16.9 Å². The molecular formula is C21H25N5O4. The highest BCUT2D eigenvalue weighted by molar-refractivity contribution is 5.96. The molecule has 3 heterocycles. The molecule has 0 radical (unpaired) electrons. The van der Waals surface area contributed by atoms with Crippen LogP contribution in [0, 0.1) is 0 Å². The van der Waals surface area contributed by atoms with Crippen LogP contribution in [0.25, 0.3) is 16.9 Å². The van der Waals surface area contributed by atoms with Crippen molar-refractivity contribution in [2.24, 2.45) is 0 Å². The van der Waals surface area contributed by atoms with Gasteiger partial charge in [0.15, 0.2) is 0 Å². The summed E-state index contributed by atoms with van der Waals surface area (Å²) in [7, 11) is 3.39. The summed E-state index contributed by atoms with van der Waals surface area (Å²) >= 11 is 0. The van der Waals surface area contributed by atoms with Crippen molar-refractivity contribution in [2.75, 3.05) is 46.9 Å². The van der Waals surface area contributed by atoms with Gasteiger partial charge in [0.1, 0.15) is 11.3 Å². The maximum atomic E-state index is 12.1. The second-order valence-corrected chi connectivity index (χ2v) is 7.60. The van der Waals surface area contributed by atoms with E-state index in [2.05, 4.69) is 27.0 Å². The SMILES string of the molecule is COC(=O)c1cn(-c2ccc(C(O)CN3CCN(C)CC3)cc2)cc2c(=O)[nH]nc1-2. The van der Waals surface area contributed by atoms with Crippen LogP contribution in [0.15, 0.2) is 41.5 Å². The topological polar surface area (TPSA) is 104 Å². The van der Waals surface area contributed by atoms with Gasteiger partial charge in [-0.3, -0.25) is 9.69 Å². The lowest BCUT2D eigenvalue weighted by Gasteiger charge is -2.33. The number of hydrogen-bond acceptors (Lipinski definition) is 7. The molecule has 0 amide bonds. The Balaban J connectivity index is 1.57. The standard InChI is InChI=1S/C21H25N5O4/c1-24-7-9-25(10-8-24)13-18(27)14-3-5-15(6-4-14)26-11-16-19(22-23-20(16)28)17(12-26)21(29)30-2/h3-6,11-12,18,27H,7-10,13H2,1-2H3,(H,23,28). The molecule has 3 aliphatic rings. The monoisotopic (exact) mass is 411 g/mol. The molecule has 1 aromatic carbocycles. The molecule has 1 saturated heterocycles. The number of aromatic nitrogens is 3. The van der Waals surface area contributed by atoms with Crippen LogP contribution in [0.4, 0.5) is 0 Å². The molecule has 1 unspecified atom stereocenters. The number of esters is 1. The number of rotatable bonds is 5. The fourth-order valence-corrected chi connectivity index (χ4v) is 3.69. The largest absolute Gasteiger partial charge is 0.465 e. The second-order valence-electron chi connectivity index (χ2n) is 7.60. The number of carbonyl (C=O) groups excluding carboxylic acids is 1. The first-order valence-corrected chi connectivity index (χ1v) is 9.84. The van der Waals surface area contributed by atoms with Gasteiger partial charge in [0.2, 0.25) is 0 Å². The number of piperazine rings is 1. The van der Waals surface area contributed by atoms with E-state index in [0.717, 1.165) is 37.4 Å². The average molecular weight is 411 g/mol.